The van der Waals surface area contributed by atoms with Crippen LogP contribution in [0.4, 0.5) is 0 Å². The third-order valence-corrected chi connectivity index (χ3v) is 4.10. The van der Waals surface area contributed by atoms with Gasteiger partial charge < -0.3 is 9.88 Å². The van der Waals surface area contributed by atoms with Gasteiger partial charge in [-0.05, 0) is 11.4 Å². The van der Waals surface area contributed by atoms with E-state index in [1.807, 2.05) is 24.0 Å². The Kier molecular flexibility index (Phi) is 4.44. The van der Waals surface area contributed by atoms with Crippen LogP contribution >= 0.6 is 23.1 Å². The van der Waals surface area contributed by atoms with Crippen LogP contribution in [0.25, 0.3) is 0 Å². The Hall–Kier alpha value is -0.780. The Labute approximate surface area is 104 Å². The number of thiophene rings is 1. The number of nitrogens with zero attached hydrogens (tertiary/aromatic N) is 2. The van der Waals surface area contributed by atoms with Crippen molar-refractivity contribution in [2.45, 2.75) is 11.7 Å². The van der Waals surface area contributed by atoms with Crippen LogP contribution in [-0.2, 0) is 13.6 Å². The summed E-state index contributed by atoms with van der Waals surface area (Å²) in [5.41, 5.74) is 0. The van der Waals surface area contributed by atoms with Crippen molar-refractivity contribution in [1.82, 2.24) is 14.9 Å². The third kappa shape index (κ3) is 3.37. The van der Waals surface area contributed by atoms with Crippen LogP contribution in [0.2, 0.25) is 0 Å². The average Bonchev–Trinajstić information content (AvgIpc) is 2.90. The molecule has 0 fully saturated rings. The van der Waals surface area contributed by atoms with Gasteiger partial charge in [0.05, 0.1) is 0 Å². The molecule has 0 bridgehead atoms. The number of hydrogen-bond acceptors (Lipinski definition) is 4. The molecule has 2 rings (SSSR count). The Morgan fingerprint density at radius 2 is 2.50 bits per heavy atom. The summed E-state index contributed by atoms with van der Waals surface area (Å²) < 4.78 is 2.05. The molecule has 0 amide bonds. The summed E-state index contributed by atoms with van der Waals surface area (Å²) >= 11 is 3.58. The average molecular weight is 253 g/mol. The maximum Gasteiger partial charge on any atom is 0.167 e. The Morgan fingerprint density at radius 3 is 3.19 bits per heavy atom. The lowest BCUT2D eigenvalue weighted by molar-refractivity contribution is 0.737. The Balaban J connectivity index is 1.61. The van der Waals surface area contributed by atoms with E-state index in [2.05, 4.69) is 27.8 Å². The summed E-state index contributed by atoms with van der Waals surface area (Å²) in [4.78, 5) is 5.65. The quantitative estimate of drug-likeness (QED) is 0.633. The Morgan fingerprint density at radius 1 is 1.56 bits per heavy atom. The molecule has 2 heterocycles. The van der Waals surface area contributed by atoms with Crippen LogP contribution in [0, 0.1) is 0 Å². The van der Waals surface area contributed by atoms with Gasteiger partial charge in [-0.25, -0.2) is 4.98 Å². The van der Waals surface area contributed by atoms with Crippen molar-refractivity contribution in [2.24, 2.45) is 7.05 Å². The van der Waals surface area contributed by atoms with Gasteiger partial charge in [-0.2, -0.15) is 0 Å². The standard InChI is InChI=1S/C11H15N3S2/c1-14-6-4-13-11(14)16-8-5-12-9-10-3-2-7-15-10/h2-4,6-7,12H,5,8-9H2,1H3. The van der Waals surface area contributed by atoms with E-state index in [-0.39, 0.29) is 0 Å². The molecule has 2 aromatic rings. The van der Waals surface area contributed by atoms with Gasteiger partial charge in [-0.3, -0.25) is 0 Å². The van der Waals surface area contributed by atoms with Crippen LogP contribution in [0.15, 0.2) is 35.1 Å². The minimum Gasteiger partial charge on any atom is -0.329 e. The molecule has 0 unspecified atom stereocenters. The van der Waals surface area contributed by atoms with E-state index in [4.69, 9.17) is 0 Å². The molecule has 0 aromatic carbocycles. The molecule has 0 aliphatic carbocycles. The number of hydrogen-bond donors (Lipinski definition) is 1. The highest BCUT2D eigenvalue weighted by Crippen LogP contribution is 2.13. The van der Waals surface area contributed by atoms with E-state index >= 15 is 0 Å². The van der Waals surface area contributed by atoms with Crippen LogP contribution in [-0.4, -0.2) is 21.8 Å². The molecular weight excluding hydrogens is 238 g/mol. The minimum atomic E-state index is 0.971. The topological polar surface area (TPSA) is 29.9 Å². The fourth-order valence-electron chi connectivity index (χ4n) is 1.33. The fourth-order valence-corrected chi connectivity index (χ4v) is 2.83. The molecule has 3 nitrogen and oxygen atoms in total. The van der Waals surface area contributed by atoms with Gasteiger partial charge in [0.15, 0.2) is 5.16 Å². The molecule has 0 radical (unpaired) electrons. The molecule has 0 spiro atoms. The SMILES string of the molecule is Cn1ccnc1SCCNCc1cccs1. The molecule has 1 N–H and O–H groups in total. The summed E-state index contributed by atoms with van der Waals surface area (Å²) in [7, 11) is 2.02. The number of rotatable bonds is 6. The smallest absolute Gasteiger partial charge is 0.167 e. The van der Waals surface area contributed by atoms with Crippen molar-refractivity contribution < 1.29 is 0 Å². The highest BCUT2D eigenvalue weighted by atomic mass is 32.2. The van der Waals surface area contributed by atoms with Gasteiger partial charge >= 0.3 is 0 Å². The van der Waals surface area contributed by atoms with E-state index in [0.717, 1.165) is 24.0 Å². The van der Waals surface area contributed by atoms with Crippen molar-refractivity contribution in [2.75, 3.05) is 12.3 Å². The van der Waals surface area contributed by atoms with Crippen molar-refractivity contribution in [3.63, 3.8) is 0 Å². The van der Waals surface area contributed by atoms with Crippen LogP contribution < -0.4 is 5.32 Å². The predicted octanol–water partition coefficient (Wildman–Crippen LogP) is 2.36. The lowest BCUT2D eigenvalue weighted by atomic mass is 10.4. The monoisotopic (exact) mass is 253 g/mol. The maximum absolute atomic E-state index is 4.26. The maximum atomic E-state index is 4.26. The van der Waals surface area contributed by atoms with Gasteiger partial charge in [-0.1, -0.05) is 17.8 Å². The van der Waals surface area contributed by atoms with Crippen LogP contribution in [0.5, 0.6) is 0 Å². The van der Waals surface area contributed by atoms with E-state index < -0.39 is 0 Å². The zero-order valence-electron chi connectivity index (χ0n) is 9.22. The molecule has 2 aromatic heterocycles. The number of thioether (sulfide) groups is 1. The molecule has 0 saturated heterocycles. The molecule has 0 aliphatic heterocycles. The second kappa shape index (κ2) is 6.08. The zero-order valence-corrected chi connectivity index (χ0v) is 10.9. The van der Waals surface area contributed by atoms with Gasteiger partial charge in [0, 0.05) is 43.2 Å². The van der Waals surface area contributed by atoms with Gasteiger partial charge in [0.1, 0.15) is 0 Å². The summed E-state index contributed by atoms with van der Waals surface area (Å²) in [6.07, 6.45) is 3.81. The van der Waals surface area contributed by atoms with Crippen LogP contribution in [0.1, 0.15) is 4.88 Å². The van der Waals surface area contributed by atoms with Crippen molar-refractivity contribution in [1.29, 1.82) is 0 Å². The normalized spacial score (nSPS) is 10.8. The number of imidazole rings is 1. The first-order chi connectivity index (χ1) is 7.86. The van der Waals surface area contributed by atoms with E-state index in [9.17, 15) is 0 Å². The summed E-state index contributed by atoms with van der Waals surface area (Å²) in [5.74, 6) is 1.05. The predicted molar refractivity (Wildman–Crippen MR) is 70.0 cm³/mol. The molecule has 0 aliphatic rings. The Bertz CT molecular complexity index is 409. The highest BCUT2D eigenvalue weighted by Gasteiger charge is 1.99. The summed E-state index contributed by atoms with van der Waals surface area (Å²) in [6.45, 7) is 1.98. The van der Waals surface area contributed by atoms with E-state index in [0.29, 0.717) is 0 Å². The van der Waals surface area contributed by atoms with Gasteiger partial charge in [0.25, 0.3) is 0 Å². The van der Waals surface area contributed by atoms with E-state index in [1.54, 1.807) is 23.1 Å². The van der Waals surface area contributed by atoms with Gasteiger partial charge in [0.2, 0.25) is 0 Å². The van der Waals surface area contributed by atoms with Crippen molar-refractivity contribution in [3.8, 4) is 0 Å². The zero-order chi connectivity index (χ0) is 11.2. The summed E-state index contributed by atoms with van der Waals surface area (Å²) in [5, 5.41) is 6.61. The van der Waals surface area contributed by atoms with Crippen molar-refractivity contribution in [3.05, 3.63) is 34.8 Å². The number of aromatic nitrogens is 2. The second-order valence-corrected chi connectivity index (χ2v) is 5.52. The largest absolute Gasteiger partial charge is 0.329 e. The van der Waals surface area contributed by atoms with Crippen molar-refractivity contribution >= 4 is 23.1 Å². The first kappa shape index (κ1) is 11.7. The molecule has 16 heavy (non-hydrogen) atoms. The van der Waals surface area contributed by atoms with Gasteiger partial charge in [-0.15, -0.1) is 11.3 Å². The van der Waals surface area contributed by atoms with E-state index in [1.165, 1.54) is 4.88 Å². The molecule has 0 atom stereocenters. The summed E-state index contributed by atoms with van der Waals surface area (Å²) in [6, 6.07) is 4.24. The van der Waals surface area contributed by atoms with Crippen LogP contribution in [0.3, 0.4) is 0 Å². The second-order valence-electron chi connectivity index (χ2n) is 3.43. The first-order valence-corrected chi connectivity index (χ1v) is 7.06. The third-order valence-electron chi connectivity index (χ3n) is 2.17. The molecular formula is C11H15N3S2. The number of aryl methyl sites for hydroxylation is 1. The molecule has 0 saturated carbocycles. The molecule has 86 valence electrons. The number of nitrogens with one attached hydrogen (secondary N) is 1. The fraction of sp³-hybridized carbons (Fsp3) is 0.364. The lowest BCUT2D eigenvalue weighted by Crippen LogP contribution is -2.15. The molecule has 5 heteroatoms. The first-order valence-electron chi connectivity index (χ1n) is 5.19. The lowest BCUT2D eigenvalue weighted by Gasteiger charge is -2.03. The highest BCUT2D eigenvalue weighted by molar-refractivity contribution is 7.99. The minimum absolute atomic E-state index is 0.971.